The molecule has 0 amide bonds. The average Bonchev–Trinajstić information content (AvgIpc) is 3.20. The summed E-state index contributed by atoms with van der Waals surface area (Å²) < 4.78 is 200. The highest BCUT2D eigenvalue weighted by atomic mass is 14.2. The van der Waals surface area contributed by atoms with Gasteiger partial charge in [0.1, 0.15) is 0 Å². The molecule has 36 heavy (non-hydrogen) atoms. The first-order valence-corrected chi connectivity index (χ1v) is 10.6. The number of fused-ring (bicyclic) bond motifs is 3. The fourth-order valence-corrected chi connectivity index (χ4v) is 4.03. The van der Waals surface area contributed by atoms with Crippen LogP contribution in [0.2, 0.25) is 0 Å². The molecule has 7 aromatic carbocycles. The van der Waals surface area contributed by atoms with E-state index in [9.17, 15) is 2.74 Å². The summed E-state index contributed by atoms with van der Waals surface area (Å²) in [5.41, 5.74) is -3.52. The van der Waals surface area contributed by atoms with E-state index in [1.54, 1.807) is 0 Å². The van der Waals surface area contributed by atoms with Crippen LogP contribution < -0.4 is 0 Å². The van der Waals surface area contributed by atoms with Gasteiger partial charge in [-0.3, -0.25) is 0 Å². The van der Waals surface area contributed by atoms with Crippen LogP contribution in [-0.2, 0) is 0 Å². The van der Waals surface area contributed by atoms with Crippen molar-refractivity contribution in [3.05, 3.63) is 145 Å². The molecule has 0 saturated carbocycles. The van der Waals surface area contributed by atoms with E-state index in [-0.39, 0.29) is 0 Å². The van der Waals surface area contributed by atoms with Crippen molar-refractivity contribution in [2.75, 3.05) is 0 Å². The molecule has 7 aromatic rings. The summed E-state index contributed by atoms with van der Waals surface area (Å²) in [5.74, 6) is 0. The van der Waals surface area contributed by atoms with Gasteiger partial charge in [-0.25, -0.2) is 0 Å². The zero-order chi connectivity index (χ0) is 43.9. The Morgan fingerprint density at radius 1 is 0.333 bits per heavy atom. The molecule has 0 heterocycles. The summed E-state index contributed by atoms with van der Waals surface area (Å²) in [6, 6.07) is -18.1. The normalized spacial score (nSPS) is 20.3. The highest BCUT2D eigenvalue weighted by Gasteiger charge is 2.16. The smallest absolute Gasteiger partial charge is 0.0622 e. The zero-order valence-electron chi connectivity index (χ0n) is 41.1. The van der Waals surface area contributed by atoms with E-state index in [4.69, 9.17) is 28.8 Å². The molecule has 7 rings (SSSR count). The summed E-state index contributed by atoms with van der Waals surface area (Å²) >= 11 is 0. The third kappa shape index (κ3) is 3.39. The van der Waals surface area contributed by atoms with Crippen LogP contribution in [0.15, 0.2) is 145 Å². The standard InChI is InChI=1S/C36H24/c1-2-11-27(12-3-1)35-31-14-6-8-16-33(31)36(34-17-9-7-15-32(34)35)28-21-18-26(19-22-28)30-23-20-25-10-4-5-13-29(25)24-30/h1-24H/i1D,2D,3D,4D,5D,6D,7D,8D,9D,10D,11D,12D,13D,14D,15D,16D,17D,18D,20D,21D,22D,23D,24D. The maximum atomic E-state index is 9.30. The maximum Gasteiger partial charge on any atom is 0.0636 e. The van der Waals surface area contributed by atoms with Gasteiger partial charge in [0.15, 0.2) is 0 Å². The molecule has 0 unspecified atom stereocenters. The Morgan fingerprint density at radius 3 is 1.44 bits per heavy atom. The van der Waals surface area contributed by atoms with Crippen LogP contribution in [0.25, 0.3) is 65.7 Å². The first kappa shape index (κ1) is 7.91. The van der Waals surface area contributed by atoms with E-state index in [1.807, 2.05) is 0 Å². The second kappa shape index (κ2) is 8.52. The molecule has 0 heteroatoms. The minimum Gasteiger partial charge on any atom is -0.0622 e. The van der Waals surface area contributed by atoms with E-state index in [2.05, 4.69) is 0 Å². The second-order valence-corrected chi connectivity index (χ2v) is 7.58. The fourth-order valence-electron chi connectivity index (χ4n) is 4.03. The van der Waals surface area contributed by atoms with Crippen molar-refractivity contribution in [1.29, 1.82) is 0 Å². The lowest BCUT2D eigenvalue weighted by Gasteiger charge is -2.18. The van der Waals surface area contributed by atoms with Crippen LogP contribution in [0, 0.1) is 0 Å². The fraction of sp³-hybridized carbons (Fsp3) is 0. The van der Waals surface area contributed by atoms with Crippen molar-refractivity contribution in [1.82, 2.24) is 0 Å². The summed E-state index contributed by atoms with van der Waals surface area (Å²) in [7, 11) is 0. The van der Waals surface area contributed by atoms with Crippen molar-refractivity contribution in [2.45, 2.75) is 0 Å². The molecule has 168 valence electrons. The number of hydrogen-bond acceptors (Lipinski definition) is 0. The quantitative estimate of drug-likeness (QED) is 0.221. The highest BCUT2D eigenvalue weighted by molar-refractivity contribution is 6.21. The first-order valence-electron chi connectivity index (χ1n) is 22.1. The summed E-state index contributed by atoms with van der Waals surface area (Å²) in [5, 5.41) is -3.30. The summed E-state index contributed by atoms with van der Waals surface area (Å²) in [6.45, 7) is 0. The lowest BCUT2D eigenvalue weighted by molar-refractivity contribution is 1.62. The zero-order valence-corrected chi connectivity index (χ0v) is 18.1. The Balaban J connectivity index is 1.76. The molecule has 0 aliphatic heterocycles. The van der Waals surface area contributed by atoms with Crippen molar-refractivity contribution >= 4 is 32.3 Å². The van der Waals surface area contributed by atoms with E-state index in [0.29, 0.717) is 0 Å². The highest BCUT2D eigenvalue weighted by Crippen LogP contribution is 2.43. The van der Waals surface area contributed by atoms with Crippen LogP contribution in [-0.4, -0.2) is 0 Å². The van der Waals surface area contributed by atoms with Crippen molar-refractivity contribution in [3.63, 3.8) is 0 Å². The van der Waals surface area contributed by atoms with Gasteiger partial charge in [0.2, 0.25) is 0 Å². The third-order valence-electron chi connectivity index (χ3n) is 5.58. The maximum absolute atomic E-state index is 9.30. The van der Waals surface area contributed by atoms with E-state index < -0.39 is 205 Å². The molecule has 0 aliphatic carbocycles. The monoisotopic (exact) mass is 479 g/mol. The molecule has 0 spiro atoms. The molecule has 0 fully saturated rings. The summed E-state index contributed by atoms with van der Waals surface area (Å²) in [4.78, 5) is 0. The lowest BCUT2D eigenvalue weighted by Crippen LogP contribution is -1.90. The molecule has 0 radical (unpaired) electrons. The minimum atomic E-state index is -0.925. The Hall–Kier alpha value is -4.68. The van der Waals surface area contributed by atoms with Gasteiger partial charge in [0.25, 0.3) is 0 Å². The molecular formula is C36H24. The van der Waals surface area contributed by atoms with Gasteiger partial charge in [0, 0.05) is 0 Å². The predicted molar refractivity (Wildman–Crippen MR) is 155 cm³/mol. The van der Waals surface area contributed by atoms with Crippen molar-refractivity contribution in [2.24, 2.45) is 0 Å². The number of rotatable bonds is 3. The van der Waals surface area contributed by atoms with Gasteiger partial charge >= 0.3 is 0 Å². The largest absolute Gasteiger partial charge is 0.0636 e. The van der Waals surface area contributed by atoms with Crippen LogP contribution in [0.1, 0.15) is 31.5 Å². The van der Waals surface area contributed by atoms with Gasteiger partial charge in [-0.1, -0.05) is 139 Å². The van der Waals surface area contributed by atoms with Crippen molar-refractivity contribution in [3.8, 4) is 33.4 Å². The first-order chi connectivity index (χ1) is 27.4. The third-order valence-corrected chi connectivity index (χ3v) is 5.58. The van der Waals surface area contributed by atoms with Gasteiger partial charge < -0.3 is 0 Å². The Bertz CT molecular complexity index is 3020. The van der Waals surface area contributed by atoms with Crippen LogP contribution >= 0.6 is 0 Å². The molecule has 0 aliphatic rings. The van der Waals surface area contributed by atoms with Crippen LogP contribution in [0.4, 0.5) is 0 Å². The van der Waals surface area contributed by atoms with Crippen LogP contribution in [0.5, 0.6) is 0 Å². The van der Waals surface area contributed by atoms with Gasteiger partial charge in [0.05, 0.1) is 31.5 Å². The molecule has 0 aromatic heterocycles. The molecule has 0 atom stereocenters. The Kier molecular flexibility index (Phi) is 1.87. The molecule has 0 saturated heterocycles. The van der Waals surface area contributed by atoms with Gasteiger partial charge in [-0.15, -0.1) is 0 Å². The van der Waals surface area contributed by atoms with E-state index in [0.717, 1.165) is 6.07 Å². The van der Waals surface area contributed by atoms with Crippen molar-refractivity contribution < 1.29 is 31.5 Å². The number of benzene rings is 7. The molecule has 0 bridgehead atoms. The minimum absolute atomic E-state index is 0.449. The molecule has 0 nitrogen and oxygen atoms in total. The summed E-state index contributed by atoms with van der Waals surface area (Å²) in [6.07, 6.45) is 0. The van der Waals surface area contributed by atoms with Gasteiger partial charge in [-0.05, 0) is 71.7 Å². The Labute approximate surface area is 243 Å². The molecular weight excluding hydrogens is 432 g/mol. The van der Waals surface area contributed by atoms with E-state index >= 15 is 0 Å². The van der Waals surface area contributed by atoms with E-state index in [1.165, 1.54) is 0 Å². The topological polar surface area (TPSA) is 0 Å². The van der Waals surface area contributed by atoms with Crippen LogP contribution in [0.3, 0.4) is 0 Å². The lowest BCUT2D eigenvalue weighted by atomic mass is 9.86. The SMILES string of the molecule is [2H]c1cc(-c2c([2H])c([2H])c3c([2H])c([2H])c([2H])c([2H])c3c2[2H])c([2H])c([2H])c1-c1c2c([2H])c([2H])c([2H])c([2H])c2c(-c2c([2H])c([2H])c([2H])c([2H])c2[2H])c2c([2H])c([2H])c([2H])c([2H])c12. The Morgan fingerprint density at radius 2 is 0.806 bits per heavy atom. The molecule has 0 N–H and O–H groups in total. The predicted octanol–water partition coefficient (Wildman–Crippen LogP) is 10.1. The van der Waals surface area contributed by atoms with Gasteiger partial charge in [-0.2, -0.15) is 0 Å². The average molecular weight is 480 g/mol. The number of hydrogen-bond donors (Lipinski definition) is 0. The second-order valence-electron chi connectivity index (χ2n) is 7.58.